The van der Waals surface area contributed by atoms with E-state index in [1.54, 1.807) is 19.2 Å². The molecule has 2 heterocycles. The minimum Gasteiger partial charge on any atom is -0.495 e. The smallest absolute Gasteiger partial charge is 0.263 e. The van der Waals surface area contributed by atoms with Crippen molar-refractivity contribution >= 4 is 38.9 Å². The number of nitrogens with one attached hydrogen (secondary N) is 1. The van der Waals surface area contributed by atoms with Crippen LogP contribution in [0.3, 0.4) is 0 Å². The average molecular weight is 518 g/mol. The molecule has 0 bridgehead atoms. The van der Waals surface area contributed by atoms with E-state index in [9.17, 15) is 13.2 Å². The van der Waals surface area contributed by atoms with Crippen LogP contribution < -0.4 is 15.0 Å². The summed E-state index contributed by atoms with van der Waals surface area (Å²) >= 11 is 6.14. The van der Waals surface area contributed by atoms with Crippen molar-refractivity contribution in [1.29, 1.82) is 0 Å². The van der Waals surface area contributed by atoms with Crippen molar-refractivity contribution in [2.75, 3.05) is 43.5 Å². The van der Waals surface area contributed by atoms with Crippen molar-refractivity contribution in [1.82, 2.24) is 14.1 Å². The Bertz CT molecular complexity index is 1360. The molecule has 1 aliphatic rings. The van der Waals surface area contributed by atoms with E-state index in [2.05, 4.69) is 41.3 Å². The lowest BCUT2D eigenvalue weighted by Crippen LogP contribution is -2.49. The van der Waals surface area contributed by atoms with Crippen LogP contribution in [0.15, 0.2) is 47.6 Å². The predicted molar refractivity (Wildman–Crippen MR) is 136 cm³/mol. The second-order valence-electron chi connectivity index (χ2n) is 8.44. The highest BCUT2D eigenvalue weighted by Gasteiger charge is 2.35. The zero-order valence-corrected chi connectivity index (χ0v) is 21.7. The average Bonchev–Trinajstić information content (AvgIpc) is 3.24. The standard InChI is InChI=1S/C24H28ClN5O4S/c1-16-6-5-7-21(17(16)2)29-10-12-30(13-11-29)35(32,33)24-19(15-28(3)27-24)23(31)26-18-8-9-22(34-4)20(25)14-18/h5-9,14-15H,10-13H2,1-4H3,(H,26,31). The lowest BCUT2D eigenvalue weighted by Gasteiger charge is -2.36. The monoisotopic (exact) mass is 517 g/mol. The molecule has 1 amide bonds. The molecule has 0 unspecified atom stereocenters. The molecule has 4 rings (SSSR count). The van der Waals surface area contributed by atoms with Gasteiger partial charge in [-0.1, -0.05) is 23.7 Å². The van der Waals surface area contributed by atoms with Gasteiger partial charge in [0.15, 0.2) is 0 Å². The van der Waals surface area contributed by atoms with E-state index in [-0.39, 0.29) is 10.6 Å². The molecule has 11 heteroatoms. The first-order valence-corrected chi connectivity index (χ1v) is 12.9. The first-order valence-electron chi connectivity index (χ1n) is 11.1. The number of aryl methyl sites for hydroxylation is 2. The minimum absolute atomic E-state index is 0.0311. The highest BCUT2D eigenvalue weighted by atomic mass is 35.5. The van der Waals surface area contributed by atoms with Gasteiger partial charge in [0.2, 0.25) is 5.03 Å². The zero-order valence-electron chi connectivity index (χ0n) is 20.1. The van der Waals surface area contributed by atoms with E-state index in [4.69, 9.17) is 16.3 Å². The number of sulfonamides is 1. The number of hydrogen-bond donors (Lipinski definition) is 1. The third-order valence-corrected chi connectivity index (χ3v) is 8.32. The van der Waals surface area contributed by atoms with Crippen LogP contribution in [-0.2, 0) is 17.1 Å². The summed E-state index contributed by atoms with van der Waals surface area (Å²) in [7, 11) is -0.908. The number of hydrogen-bond acceptors (Lipinski definition) is 6. The first-order chi connectivity index (χ1) is 16.6. The van der Waals surface area contributed by atoms with E-state index in [0.717, 1.165) is 5.69 Å². The molecular weight excluding hydrogens is 490 g/mol. The number of ether oxygens (including phenoxy) is 1. The Morgan fingerprint density at radius 3 is 2.49 bits per heavy atom. The van der Waals surface area contributed by atoms with Crippen LogP contribution in [0.25, 0.3) is 0 Å². The Labute approximate surface area is 210 Å². The second kappa shape index (κ2) is 9.88. The van der Waals surface area contributed by atoms with Crippen molar-refractivity contribution < 1.29 is 17.9 Å². The predicted octanol–water partition coefficient (Wildman–Crippen LogP) is 3.46. The van der Waals surface area contributed by atoms with Crippen LogP contribution in [0.2, 0.25) is 5.02 Å². The van der Waals surface area contributed by atoms with Gasteiger partial charge in [0.05, 0.1) is 17.7 Å². The third-order valence-electron chi connectivity index (χ3n) is 6.19. The second-order valence-corrected chi connectivity index (χ2v) is 10.7. The Hall–Kier alpha value is -3.08. The van der Waals surface area contributed by atoms with Crippen LogP contribution in [-0.4, -0.2) is 61.7 Å². The fraction of sp³-hybridized carbons (Fsp3) is 0.333. The van der Waals surface area contributed by atoms with Crippen LogP contribution in [0.4, 0.5) is 11.4 Å². The van der Waals surface area contributed by atoms with Gasteiger partial charge >= 0.3 is 0 Å². The Kier molecular flexibility index (Phi) is 7.07. The van der Waals surface area contributed by atoms with Gasteiger partial charge in [-0.3, -0.25) is 9.48 Å². The van der Waals surface area contributed by atoms with Gasteiger partial charge in [-0.25, -0.2) is 8.42 Å². The van der Waals surface area contributed by atoms with Gasteiger partial charge in [-0.15, -0.1) is 0 Å². The van der Waals surface area contributed by atoms with Gasteiger partial charge in [-0.05, 0) is 49.2 Å². The number of piperazine rings is 1. The number of nitrogens with zero attached hydrogens (tertiary/aromatic N) is 4. The molecule has 9 nitrogen and oxygen atoms in total. The summed E-state index contributed by atoms with van der Waals surface area (Å²) in [5, 5.41) is 6.89. The SMILES string of the molecule is COc1ccc(NC(=O)c2cn(C)nc2S(=O)(=O)N2CCN(c3cccc(C)c3C)CC2)cc1Cl. The van der Waals surface area contributed by atoms with Crippen molar-refractivity contribution in [3.8, 4) is 5.75 Å². The molecule has 1 aliphatic heterocycles. The topological polar surface area (TPSA) is 96.8 Å². The molecule has 1 N–H and O–H groups in total. The summed E-state index contributed by atoms with van der Waals surface area (Å²) in [5.41, 5.74) is 3.87. The molecule has 3 aromatic rings. The van der Waals surface area contributed by atoms with E-state index in [0.29, 0.717) is 42.6 Å². The lowest BCUT2D eigenvalue weighted by atomic mass is 10.1. The number of rotatable bonds is 6. The summed E-state index contributed by atoms with van der Waals surface area (Å²) < 4.78 is 34.8. The van der Waals surface area contributed by atoms with Crippen molar-refractivity contribution in [3.05, 3.63) is 64.3 Å². The number of amides is 1. The van der Waals surface area contributed by atoms with Gasteiger partial charge in [0, 0.05) is 50.8 Å². The van der Waals surface area contributed by atoms with Crippen LogP contribution in [0, 0.1) is 13.8 Å². The summed E-state index contributed by atoms with van der Waals surface area (Å²) in [5.74, 6) is -0.124. The molecule has 1 aromatic heterocycles. The molecule has 0 radical (unpaired) electrons. The summed E-state index contributed by atoms with van der Waals surface area (Å²) in [4.78, 5) is 15.2. The molecule has 0 aliphatic carbocycles. The maximum Gasteiger partial charge on any atom is 0.263 e. The van der Waals surface area contributed by atoms with E-state index < -0.39 is 15.9 Å². The fourth-order valence-corrected chi connectivity index (χ4v) is 5.93. The molecule has 0 saturated carbocycles. The van der Waals surface area contributed by atoms with Gasteiger partial charge in [0.25, 0.3) is 15.9 Å². The molecule has 2 aromatic carbocycles. The van der Waals surface area contributed by atoms with Crippen LogP contribution in [0.1, 0.15) is 21.5 Å². The number of halogens is 1. The molecule has 1 fully saturated rings. The van der Waals surface area contributed by atoms with Gasteiger partial charge in [0.1, 0.15) is 5.75 Å². The van der Waals surface area contributed by atoms with Crippen LogP contribution >= 0.6 is 11.6 Å². The number of methoxy groups -OCH3 is 1. The summed E-state index contributed by atoms with van der Waals surface area (Å²) in [6.07, 6.45) is 1.40. The van der Waals surface area contributed by atoms with E-state index in [1.165, 1.54) is 39.5 Å². The first kappa shape index (κ1) is 25.0. The minimum atomic E-state index is -3.98. The van der Waals surface area contributed by atoms with Crippen molar-refractivity contribution in [3.63, 3.8) is 0 Å². The third kappa shape index (κ3) is 5.00. The molecule has 0 atom stereocenters. The Morgan fingerprint density at radius 1 is 1.11 bits per heavy atom. The lowest BCUT2D eigenvalue weighted by molar-refractivity contribution is 0.102. The Morgan fingerprint density at radius 2 is 1.83 bits per heavy atom. The number of benzene rings is 2. The zero-order chi connectivity index (χ0) is 25.3. The maximum atomic E-state index is 13.5. The fourth-order valence-electron chi connectivity index (χ4n) is 4.13. The molecule has 186 valence electrons. The molecule has 0 spiro atoms. The summed E-state index contributed by atoms with van der Waals surface area (Å²) in [6, 6.07) is 10.9. The number of anilines is 2. The molecule has 35 heavy (non-hydrogen) atoms. The quantitative estimate of drug-likeness (QED) is 0.538. The normalized spacial score (nSPS) is 14.7. The molecule has 1 saturated heterocycles. The molecular formula is C24H28ClN5O4S. The number of carbonyl (C=O) groups is 1. The Balaban J connectivity index is 1.53. The summed E-state index contributed by atoms with van der Waals surface area (Å²) in [6.45, 7) is 5.81. The van der Waals surface area contributed by atoms with Crippen molar-refractivity contribution in [2.24, 2.45) is 7.05 Å². The van der Waals surface area contributed by atoms with E-state index in [1.807, 2.05) is 6.07 Å². The van der Waals surface area contributed by atoms with Crippen LogP contribution in [0.5, 0.6) is 5.75 Å². The number of carbonyl (C=O) groups excluding carboxylic acids is 1. The van der Waals surface area contributed by atoms with Crippen molar-refractivity contribution in [2.45, 2.75) is 18.9 Å². The van der Waals surface area contributed by atoms with Gasteiger partial charge in [-0.2, -0.15) is 9.40 Å². The highest BCUT2D eigenvalue weighted by molar-refractivity contribution is 7.89. The largest absolute Gasteiger partial charge is 0.495 e. The maximum absolute atomic E-state index is 13.5. The number of aromatic nitrogens is 2. The van der Waals surface area contributed by atoms with Gasteiger partial charge < -0.3 is 15.0 Å². The van der Waals surface area contributed by atoms with E-state index >= 15 is 0 Å². The highest BCUT2D eigenvalue weighted by Crippen LogP contribution is 2.29.